The van der Waals surface area contributed by atoms with Crippen LogP contribution in [0.15, 0.2) is 59.8 Å². The number of ether oxygens (including phenoxy) is 1. The van der Waals surface area contributed by atoms with Crippen molar-refractivity contribution in [3.63, 3.8) is 0 Å². The Morgan fingerprint density at radius 1 is 1.04 bits per heavy atom. The Bertz CT molecular complexity index is 905. The van der Waals surface area contributed by atoms with Crippen molar-refractivity contribution >= 4 is 17.9 Å². The van der Waals surface area contributed by atoms with Gasteiger partial charge in [-0.1, -0.05) is 12.1 Å². The van der Waals surface area contributed by atoms with Crippen molar-refractivity contribution in [2.24, 2.45) is 5.10 Å². The van der Waals surface area contributed by atoms with Crippen LogP contribution < -0.4 is 15.1 Å². The summed E-state index contributed by atoms with van der Waals surface area (Å²) in [6.07, 6.45) is 3.35. The number of aromatic nitrogens is 3. The van der Waals surface area contributed by atoms with E-state index in [-0.39, 0.29) is 0 Å². The third-order valence-electron chi connectivity index (χ3n) is 4.34. The molecule has 1 aromatic heterocycles. The lowest BCUT2D eigenvalue weighted by molar-refractivity contribution is 0.415. The number of hydrogen-bond acceptors (Lipinski definition) is 7. The number of methoxy groups -OCH3 is 1. The molecule has 0 bridgehead atoms. The van der Waals surface area contributed by atoms with Crippen molar-refractivity contribution in [1.82, 2.24) is 15.2 Å². The van der Waals surface area contributed by atoms with Crippen LogP contribution in [-0.4, -0.2) is 41.6 Å². The molecule has 0 radical (unpaired) electrons. The van der Waals surface area contributed by atoms with Crippen molar-refractivity contribution < 1.29 is 4.74 Å². The zero-order chi connectivity index (χ0) is 19.8. The molecule has 0 aliphatic rings. The molecule has 0 aliphatic carbocycles. The SMILES string of the molecule is CCN(CC)c1ccc(/C=N/Nc2nncc(-c3ccc(OC)cc3)n2)cc1. The van der Waals surface area contributed by atoms with Gasteiger partial charge in [-0.2, -0.15) is 10.2 Å². The van der Waals surface area contributed by atoms with Crippen LogP contribution in [0.2, 0.25) is 0 Å². The number of nitrogens with one attached hydrogen (secondary N) is 1. The van der Waals surface area contributed by atoms with Gasteiger partial charge >= 0.3 is 0 Å². The first-order valence-electron chi connectivity index (χ1n) is 9.21. The van der Waals surface area contributed by atoms with Crippen LogP contribution in [0.4, 0.5) is 11.6 Å². The van der Waals surface area contributed by atoms with Crippen molar-refractivity contribution in [2.75, 3.05) is 30.5 Å². The molecule has 0 unspecified atom stereocenters. The Labute approximate surface area is 165 Å². The van der Waals surface area contributed by atoms with Crippen molar-refractivity contribution in [3.8, 4) is 17.0 Å². The monoisotopic (exact) mass is 376 g/mol. The van der Waals surface area contributed by atoms with Gasteiger partial charge in [0.05, 0.1) is 25.2 Å². The minimum absolute atomic E-state index is 0.337. The number of rotatable bonds is 8. The van der Waals surface area contributed by atoms with Gasteiger partial charge < -0.3 is 9.64 Å². The molecule has 2 aromatic carbocycles. The molecule has 3 rings (SSSR count). The molecular weight excluding hydrogens is 352 g/mol. The van der Waals surface area contributed by atoms with E-state index in [0.29, 0.717) is 11.6 Å². The average Bonchev–Trinajstić information content (AvgIpc) is 2.76. The highest BCUT2D eigenvalue weighted by molar-refractivity contribution is 5.80. The highest BCUT2D eigenvalue weighted by Gasteiger charge is 2.04. The summed E-state index contributed by atoms with van der Waals surface area (Å²) in [7, 11) is 1.64. The summed E-state index contributed by atoms with van der Waals surface area (Å²) in [5.41, 5.74) is 6.66. The smallest absolute Gasteiger partial charge is 0.263 e. The third kappa shape index (κ3) is 4.82. The van der Waals surface area contributed by atoms with Crippen LogP contribution in [0, 0.1) is 0 Å². The van der Waals surface area contributed by atoms with Gasteiger partial charge in [0.2, 0.25) is 0 Å². The lowest BCUT2D eigenvalue weighted by atomic mass is 10.1. The maximum atomic E-state index is 5.17. The highest BCUT2D eigenvalue weighted by atomic mass is 16.5. The minimum Gasteiger partial charge on any atom is -0.497 e. The topological polar surface area (TPSA) is 75.5 Å². The molecule has 0 saturated carbocycles. The van der Waals surface area contributed by atoms with E-state index in [9.17, 15) is 0 Å². The summed E-state index contributed by atoms with van der Waals surface area (Å²) in [5.74, 6) is 1.13. The number of hydrogen-bond donors (Lipinski definition) is 1. The predicted molar refractivity (Wildman–Crippen MR) is 113 cm³/mol. The fourth-order valence-electron chi connectivity index (χ4n) is 2.78. The minimum atomic E-state index is 0.337. The lowest BCUT2D eigenvalue weighted by Gasteiger charge is -2.20. The molecular formula is C21H24N6O. The highest BCUT2D eigenvalue weighted by Crippen LogP contribution is 2.20. The molecule has 0 aliphatic heterocycles. The molecule has 28 heavy (non-hydrogen) atoms. The summed E-state index contributed by atoms with van der Waals surface area (Å²) < 4.78 is 5.17. The summed E-state index contributed by atoms with van der Waals surface area (Å²) in [5, 5.41) is 12.2. The Hall–Kier alpha value is -3.48. The molecule has 144 valence electrons. The molecule has 0 spiro atoms. The van der Waals surface area contributed by atoms with Gasteiger partial charge in [-0.3, -0.25) is 0 Å². The number of nitrogens with zero attached hydrogens (tertiary/aromatic N) is 5. The molecule has 0 atom stereocenters. The van der Waals surface area contributed by atoms with E-state index in [1.54, 1.807) is 19.5 Å². The van der Waals surface area contributed by atoms with Gasteiger partial charge in [0, 0.05) is 24.3 Å². The molecule has 0 fully saturated rings. The summed E-state index contributed by atoms with van der Waals surface area (Å²) in [4.78, 5) is 6.74. The maximum absolute atomic E-state index is 5.17. The van der Waals surface area contributed by atoms with Crippen LogP contribution in [-0.2, 0) is 0 Å². The largest absolute Gasteiger partial charge is 0.497 e. The normalized spacial score (nSPS) is 10.8. The van der Waals surface area contributed by atoms with Crippen LogP contribution in [0.3, 0.4) is 0 Å². The first-order chi connectivity index (χ1) is 13.7. The van der Waals surface area contributed by atoms with E-state index in [4.69, 9.17) is 4.74 Å². The second kappa shape index (κ2) is 9.45. The number of hydrazone groups is 1. The summed E-state index contributed by atoms with van der Waals surface area (Å²) >= 11 is 0. The number of benzene rings is 2. The van der Waals surface area contributed by atoms with E-state index in [2.05, 4.69) is 56.6 Å². The Morgan fingerprint density at radius 2 is 1.75 bits per heavy atom. The van der Waals surface area contributed by atoms with Crippen LogP contribution in [0.5, 0.6) is 5.75 Å². The van der Waals surface area contributed by atoms with E-state index in [1.807, 2.05) is 36.4 Å². The summed E-state index contributed by atoms with van der Waals surface area (Å²) in [6.45, 7) is 6.27. The van der Waals surface area contributed by atoms with E-state index in [1.165, 1.54) is 5.69 Å². The molecule has 1 heterocycles. The lowest BCUT2D eigenvalue weighted by Crippen LogP contribution is -2.21. The third-order valence-corrected chi connectivity index (χ3v) is 4.34. The first kappa shape index (κ1) is 19.3. The van der Waals surface area contributed by atoms with Gasteiger partial charge in [0.25, 0.3) is 5.95 Å². The molecule has 1 N–H and O–H groups in total. The van der Waals surface area contributed by atoms with Gasteiger partial charge in [-0.25, -0.2) is 10.4 Å². The standard InChI is InChI=1S/C21H24N6O/c1-4-27(5-2)18-10-6-16(7-11-18)14-22-25-21-24-20(15-23-26-21)17-8-12-19(28-3)13-9-17/h6-15H,4-5H2,1-3H3,(H,24,25,26)/b22-14+. The Kier molecular flexibility index (Phi) is 6.51. The van der Waals surface area contributed by atoms with Crippen molar-refractivity contribution in [3.05, 3.63) is 60.3 Å². The second-order valence-corrected chi connectivity index (χ2v) is 6.03. The Balaban J connectivity index is 1.65. The van der Waals surface area contributed by atoms with Crippen LogP contribution in [0.1, 0.15) is 19.4 Å². The molecule has 7 nitrogen and oxygen atoms in total. The predicted octanol–water partition coefficient (Wildman–Crippen LogP) is 3.84. The van der Waals surface area contributed by atoms with E-state index < -0.39 is 0 Å². The van der Waals surface area contributed by atoms with Gasteiger partial charge in [-0.05, 0) is 55.8 Å². The molecule has 3 aromatic rings. The fourth-order valence-corrected chi connectivity index (χ4v) is 2.78. The molecule has 0 saturated heterocycles. The average molecular weight is 376 g/mol. The van der Waals surface area contributed by atoms with Gasteiger partial charge in [0.15, 0.2) is 0 Å². The van der Waals surface area contributed by atoms with E-state index >= 15 is 0 Å². The summed E-state index contributed by atoms with van der Waals surface area (Å²) in [6, 6.07) is 15.9. The van der Waals surface area contributed by atoms with Crippen LogP contribution >= 0.6 is 0 Å². The van der Waals surface area contributed by atoms with E-state index in [0.717, 1.165) is 30.0 Å². The zero-order valence-electron chi connectivity index (χ0n) is 16.3. The van der Waals surface area contributed by atoms with Crippen molar-refractivity contribution in [2.45, 2.75) is 13.8 Å². The van der Waals surface area contributed by atoms with Crippen molar-refractivity contribution in [1.29, 1.82) is 0 Å². The molecule has 0 amide bonds. The second-order valence-electron chi connectivity index (χ2n) is 6.03. The Morgan fingerprint density at radius 3 is 2.39 bits per heavy atom. The zero-order valence-corrected chi connectivity index (χ0v) is 16.3. The van der Waals surface area contributed by atoms with Gasteiger partial charge in [0.1, 0.15) is 5.75 Å². The van der Waals surface area contributed by atoms with Gasteiger partial charge in [-0.15, -0.1) is 5.10 Å². The maximum Gasteiger partial charge on any atom is 0.263 e. The van der Waals surface area contributed by atoms with Crippen LogP contribution in [0.25, 0.3) is 11.3 Å². The number of anilines is 2. The molecule has 7 heteroatoms. The quantitative estimate of drug-likeness (QED) is 0.475. The first-order valence-corrected chi connectivity index (χ1v) is 9.21. The fraction of sp³-hybridized carbons (Fsp3) is 0.238.